The van der Waals surface area contributed by atoms with E-state index in [0.29, 0.717) is 6.54 Å². The Kier molecular flexibility index (Phi) is 7.47. The van der Waals surface area contributed by atoms with Crippen LogP contribution < -0.4 is 11.1 Å². The van der Waals surface area contributed by atoms with Crippen LogP contribution in [-0.4, -0.2) is 55.7 Å². The van der Waals surface area contributed by atoms with E-state index in [4.69, 9.17) is 10.5 Å². The lowest BCUT2D eigenvalue weighted by Crippen LogP contribution is -2.36. The minimum atomic E-state index is -0.271. The molecule has 0 aromatic rings. The van der Waals surface area contributed by atoms with Gasteiger partial charge in [-0.3, -0.25) is 4.79 Å². The molecule has 0 spiro atoms. The number of unbranched alkanes of at least 4 members (excludes halogenated alkanes) is 2. The molecular weight excluding hydrogens is 266 g/mol. The van der Waals surface area contributed by atoms with Gasteiger partial charge in [0, 0.05) is 13.1 Å². The second-order valence-corrected chi connectivity index (χ2v) is 6.31. The van der Waals surface area contributed by atoms with E-state index in [1.165, 1.54) is 51.7 Å². The molecule has 1 amide bonds. The summed E-state index contributed by atoms with van der Waals surface area (Å²) < 4.78 is 5.59. The van der Waals surface area contributed by atoms with Crippen LogP contribution in [0.1, 0.15) is 51.4 Å². The normalized spacial score (nSPS) is 26.9. The Bertz CT molecular complexity index is 306. The smallest absolute Gasteiger partial charge is 0.249 e. The van der Waals surface area contributed by atoms with Crippen molar-refractivity contribution in [1.29, 1.82) is 0 Å². The minimum Gasteiger partial charge on any atom is -0.364 e. The summed E-state index contributed by atoms with van der Waals surface area (Å²) in [5.74, 6) is 0.0435. The van der Waals surface area contributed by atoms with Gasteiger partial charge in [-0.25, -0.2) is 0 Å². The fourth-order valence-electron chi connectivity index (χ4n) is 3.22. The molecule has 2 saturated heterocycles. The number of ether oxygens (including phenoxy) is 1. The highest BCUT2D eigenvalue weighted by Gasteiger charge is 2.29. The Hall–Kier alpha value is -0.650. The maximum absolute atomic E-state index is 11.9. The number of rotatable bonds is 8. The van der Waals surface area contributed by atoms with E-state index in [2.05, 4.69) is 10.2 Å². The van der Waals surface area contributed by atoms with Crippen LogP contribution in [0.15, 0.2) is 0 Å². The van der Waals surface area contributed by atoms with Gasteiger partial charge in [0.25, 0.3) is 0 Å². The fourth-order valence-corrected chi connectivity index (χ4v) is 3.22. The number of nitrogens with one attached hydrogen (secondary N) is 1. The highest BCUT2D eigenvalue weighted by molar-refractivity contribution is 5.80. The third kappa shape index (κ3) is 5.93. The Morgan fingerprint density at radius 3 is 2.67 bits per heavy atom. The van der Waals surface area contributed by atoms with E-state index < -0.39 is 0 Å². The summed E-state index contributed by atoms with van der Waals surface area (Å²) >= 11 is 0. The van der Waals surface area contributed by atoms with Gasteiger partial charge in [-0.15, -0.1) is 0 Å². The Labute approximate surface area is 128 Å². The molecule has 0 bridgehead atoms. The van der Waals surface area contributed by atoms with Crippen molar-refractivity contribution in [2.45, 2.75) is 63.6 Å². The van der Waals surface area contributed by atoms with Crippen molar-refractivity contribution < 1.29 is 9.53 Å². The van der Waals surface area contributed by atoms with Gasteiger partial charge in [0.1, 0.15) is 6.10 Å². The zero-order valence-corrected chi connectivity index (χ0v) is 13.2. The predicted octanol–water partition coefficient (Wildman–Crippen LogP) is 1.27. The Morgan fingerprint density at radius 1 is 1.14 bits per heavy atom. The maximum atomic E-state index is 11.9. The van der Waals surface area contributed by atoms with Gasteiger partial charge < -0.3 is 20.7 Å². The molecule has 5 nitrogen and oxygen atoms in total. The van der Waals surface area contributed by atoms with Crippen molar-refractivity contribution >= 4 is 5.91 Å². The molecule has 0 aromatic carbocycles. The molecule has 2 aliphatic heterocycles. The first-order valence-corrected chi connectivity index (χ1v) is 8.65. The molecule has 2 aliphatic rings. The number of amides is 1. The Morgan fingerprint density at radius 2 is 1.95 bits per heavy atom. The highest BCUT2D eigenvalue weighted by atomic mass is 16.5. The first-order valence-electron chi connectivity index (χ1n) is 8.65. The van der Waals surface area contributed by atoms with E-state index in [1.54, 1.807) is 0 Å². The second-order valence-electron chi connectivity index (χ2n) is 6.31. The van der Waals surface area contributed by atoms with Gasteiger partial charge in [-0.2, -0.15) is 0 Å². The molecule has 2 atom stereocenters. The molecule has 0 aromatic heterocycles. The molecule has 122 valence electrons. The summed E-state index contributed by atoms with van der Waals surface area (Å²) in [6.45, 7) is 5.06. The summed E-state index contributed by atoms with van der Waals surface area (Å²) in [7, 11) is 0. The number of hydrogen-bond donors (Lipinski definition) is 2. The first-order chi connectivity index (χ1) is 10.3. The average Bonchev–Trinajstić information content (AvgIpc) is 3.00. The fraction of sp³-hybridized carbons (Fsp3) is 0.938. The molecule has 21 heavy (non-hydrogen) atoms. The maximum Gasteiger partial charge on any atom is 0.249 e. The van der Waals surface area contributed by atoms with Crippen molar-refractivity contribution in [1.82, 2.24) is 10.2 Å². The zero-order valence-electron chi connectivity index (χ0n) is 13.2. The van der Waals surface area contributed by atoms with Gasteiger partial charge in [0.2, 0.25) is 5.91 Å². The molecule has 2 fully saturated rings. The van der Waals surface area contributed by atoms with E-state index in [1.807, 2.05) is 0 Å². The molecule has 2 rings (SSSR count). The van der Waals surface area contributed by atoms with E-state index >= 15 is 0 Å². The standard InChI is InChI=1S/C16H31N3O2/c17-13-14-7-8-15(21-14)16(20)18-9-3-1-4-10-19-11-5-2-6-12-19/h14-15H,1-13,17H2,(H,18,20)/t14-,15+/m1/s1. The van der Waals surface area contributed by atoms with Crippen molar-refractivity contribution in [3.63, 3.8) is 0 Å². The molecule has 2 heterocycles. The van der Waals surface area contributed by atoms with E-state index in [9.17, 15) is 4.79 Å². The summed E-state index contributed by atoms with van der Waals surface area (Å²) in [6.07, 6.45) is 9.13. The molecule has 0 aliphatic carbocycles. The SMILES string of the molecule is NC[C@H]1CC[C@@H](C(=O)NCCCCCN2CCCCC2)O1. The average molecular weight is 297 g/mol. The van der Waals surface area contributed by atoms with Crippen molar-refractivity contribution in [3.8, 4) is 0 Å². The quantitative estimate of drug-likeness (QED) is 0.662. The first kappa shape index (κ1) is 16.7. The van der Waals surface area contributed by atoms with Crippen LogP contribution in [0, 0.1) is 0 Å². The van der Waals surface area contributed by atoms with E-state index in [0.717, 1.165) is 25.8 Å². The number of piperidine rings is 1. The summed E-state index contributed by atoms with van der Waals surface area (Å²) in [4.78, 5) is 14.5. The third-order valence-corrected chi connectivity index (χ3v) is 4.56. The topological polar surface area (TPSA) is 67.6 Å². The molecule has 0 unspecified atom stereocenters. The van der Waals surface area contributed by atoms with Gasteiger partial charge in [-0.1, -0.05) is 12.8 Å². The lowest BCUT2D eigenvalue weighted by atomic mass is 10.1. The monoisotopic (exact) mass is 297 g/mol. The minimum absolute atomic E-state index is 0.0435. The molecule has 5 heteroatoms. The molecular formula is C16H31N3O2. The lowest BCUT2D eigenvalue weighted by Gasteiger charge is -2.26. The number of carbonyl (C=O) groups excluding carboxylic acids is 1. The van der Waals surface area contributed by atoms with Gasteiger partial charge >= 0.3 is 0 Å². The van der Waals surface area contributed by atoms with Crippen LogP contribution >= 0.6 is 0 Å². The van der Waals surface area contributed by atoms with Crippen LogP contribution in [0.2, 0.25) is 0 Å². The summed E-state index contributed by atoms with van der Waals surface area (Å²) in [6, 6.07) is 0. The van der Waals surface area contributed by atoms with Crippen molar-refractivity contribution in [3.05, 3.63) is 0 Å². The number of nitrogens with zero attached hydrogens (tertiary/aromatic N) is 1. The summed E-state index contributed by atoms with van der Waals surface area (Å²) in [5.41, 5.74) is 5.55. The second kappa shape index (κ2) is 9.38. The molecule has 0 radical (unpaired) electrons. The largest absolute Gasteiger partial charge is 0.364 e. The van der Waals surface area contributed by atoms with Crippen LogP contribution in [0.3, 0.4) is 0 Å². The predicted molar refractivity (Wildman–Crippen MR) is 84.1 cm³/mol. The molecule has 3 N–H and O–H groups in total. The Balaban J connectivity index is 1.45. The summed E-state index contributed by atoms with van der Waals surface area (Å²) in [5, 5.41) is 2.99. The van der Waals surface area contributed by atoms with E-state index in [-0.39, 0.29) is 18.1 Å². The number of likely N-dealkylation sites (tertiary alicyclic amines) is 1. The van der Waals surface area contributed by atoms with Crippen LogP contribution in [0.5, 0.6) is 0 Å². The van der Waals surface area contributed by atoms with Crippen LogP contribution in [0.4, 0.5) is 0 Å². The third-order valence-electron chi connectivity index (χ3n) is 4.56. The zero-order chi connectivity index (χ0) is 14.9. The van der Waals surface area contributed by atoms with Crippen molar-refractivity contribution in [2.24, 2.45) is 5.73 Å². The highest BCUT2D eigenvalue weighted by Crippen LogP contribution is 2.18. The lowest BCUT2D eigenvalue weighted by molar-refractivity contribution is -0.131. The molecule has 0 saturated carbocycles. The number of nitrogens with two attached hydrogens (primary N) is 1. The number of carbonyl (C=O) groups is 1. The number of hydrogen-bond acceptors (Lipinski definition) is 4. The van der Waals surface area contributed by atoms with Crippen molar-refractivity contribution in [2.75, 3.05) is 32.7 Å². The van der Waals surface area contributed by atoms with Gasteiger partial charge in [-0.05, 0) is 58.2 Å². The van der Waals surface area contributed by atoms with Gasteiger partial charge in [0.15, 0.2) is 0 Å². The van der Waals surface area contributed by atoms with Crippen LogP contribution in [0.25, 0.3) is 0 Å². The van der Waals surface area contributed by atoms with Gasteiger partial charge in [0.05, 0.1) is 6.10 Å². The van der Waals surface area contributed by atoms with Crippen LogP contribution in [-0.2, 0) is 9.53 Å².